The molecule has 130 valence electrons. The van der Waals surface area contributed by atoms with E-state index in [2.05, 4.69) is 5.10 Å². The second-order valence-electron chi connectivity index (χ2n) is 5.38. The predicted molar refractivity (Wildman–Crippen MR) is 95.9 cm³/mol. The molecule has 1 fully saturated rings. The first-order chi connectivity index (χ1) is 12.1. The van der Waals surface area contributed by atoms with Crippen LogP contribution in [0.2, 0.25) is 5.02 Å². The second kappa shape index (κ2) is 7.72. The molecule has 0 bridgehead atoms. The molecule has 1 aromatic carbocycles. The first-order valence-electron chi connectivity index (χ1n) is 7.66. The Balaban J connectivity index is 1.67. The van der Waals surface area contributed by atoms with Gasteiger partial charge < -0.3 is 4.42 Å². The fourth-order valence-electron chi connectivity index (χ4n) is 2.37. The van der Waals surface area contributed by atoms with Crippen LogP contribution in [0.1, 0.15) is 12.2 Å². The van der Waals surface area contributed by atoms with Gasteiger partial charge in [0.15, 0.2) is 0 Å². The maximum atomic E-state index is 12.1. The van der Waals surface area contributed by atoms with Crippen molar-refractivity contribution in [1.82, 2.24) is 9.91 Å². The Morgan fingerprint density at radius 1 is 1.16 bits per heavy atom. The number of rotatable bonds is 6. The number of imide groups is 1. The van der Waals surface area contributed by atoms with E-state index in [4.69, 9.17) is 27.6 Å². The molecule has 8 heteroatoms. The van der Waals surface area contributed by atoms with Gasteiger partial charge in [0.2, 0.25) is 0 Å². The van der Waals surface area contributed by atoms with Crippen LogP contribution in [0.15, 0.2) is 45.9 Å². The molecule has 2 heterocycles. The smallest absolute Gasteiger partial charge is 0.347 e. The number of carbonyl (C=O) groups is 2. The summed E-state index contributed by atoms with van der Waals surface area (Å²) in [5.41, 5.74) is 0.878. The minimum absolute atomic E-state index is 0.0810. The van der Waals surface area contributed by atoms with Gasteiger partial charge in [0.05, 0.1) is 6.21 Å². The van der Waals surface area contributed by atoms with Gasteiger partial charge in [-0.15, -0.1) is 11.6 Å². The number of benzene rings is 1. The van der Waals surface area contributed by atoms with Crippen LogP contribution in [0.3, 0.4) is 0 Å². The van der Waals surface area contributed by atoms with E-state index in [1.54, 1.807) is 24.3 Å². The molecule has 2 aromatic rings. The molecule has 0 spiro atoms. The van der Waals surface area contributed by atoms with E-state index in [0.717, 1.165) is 15.5 Å². The van der Waals surface area contributed by atoms with Crippen molar-refractivity contribution in [2.24, 2.45) is 5.10 Å². The molecule has 25 heavy (non-hydrogen) atoms. The Morgan fingerprint density at radius 3 is 2.64 bits per heavy atom. The van der Waals surface area contributed by atoms with E-state index < -0.39 is 6.03 Å². The fraction of sp³-hybridized carbons (Fsp3) is 0.235. The zero-order chi connectivity index (χ0) is 17.8. The number of amides is 3. The maximum Gasteiger partial charge on any atom is 0.347 e. The number of urea groups is 1. The van der Waals surface area contributed by atoms with Gasteiger partial charge in [-0.3, -0.25) is 9.69 Å². The quantitative estimate of drug-likeness (QED) is 0.435. The maximum absolute atomic E-state index is 12.1. The Bertz CT molecular complexity index is 802. The van der Waals surface area contributed by atoms with Crippen molar-refractivity contribution in [1.29, 1.82) is 0 Å². The first-order valence-corrected chi connectivity index (χ1v) is 8.57. The molecule has 6 nitrogen and oxygen atoms in total. The molecule has 1 aliphatic heterocycles. The van der Waals surface area contributed by atoms with E-state index in [1.807, 2.05) is 12.1 Å². The van der Waals surface area contributed by atoms with Crippen molar-refractivity contribution < 1.29 is 14.0 Å². The summed E-state index contributed by atoms with van der Waals surface area (Å²) in [5, 5.41) is 5.81. The van der Waals surface area contributed by atoms with Crippen LogP contribution in [-0.2, 0) is 4.79 Å². The van der Waals surface area contributed by atoms with Crippen molar-refractivity contribution in [3.05, 3.63) is 47.2 Å². The van der Waals surface area contributed by atoms with Gasteiger partial charge in [0.25, 0.3) is 5.91 Å². The van der Waals surface area contributed by atoms with Gasteiger partial charge in [-0.2, -0.15) is 5.10 Å². The molecule has 3 amide bonds. The van der Waals surface area contributed by atoms with Gasteiger partial charge in [0.1, 0.15) is 18.1 Å². The van der Waals surface area contributed by atoms with Crippen molar-refractivity contribution in [3.8, 4) is 11.3 Å². The number of halogens is 2. The number of hydrogen-bond acceptors (Lipinski definition) is 4. The number of alkyl halides is 1. The number of hydrazone groups is 1. The van der Waals surface area contributed by atoms with Crippen molar-refractivity contribution in [2.45, 2.75) is 6.42 Å². The molecular weight excluding hydrogens is 365 g/mol. The van der Waals surface area contributed by atoms with Crippen LogP contribution in [0, 0.1) is 0 Å². The normalized spacial score (nSPS) is 15.0. The molecule has 0 atom stereocenters. The fourth-order valence-corrected chi connectivity index (χ4v) is 2.62. The van der Waals surface area contributed by atoms with Crippen molar-refractivity contribution in [2.75, 3.05) is 19.0 Å². The summed E-state index contributed by atoms with van der Waals surface area (Å²) in [6.45, 7) is 0.219. The third-order valence-corrected chi connectivity index (χ3v) is 4.15. The molecule has 0 saturated carbocycles. The summed E-state index contributed by atoms with van der Waals surface area (Å²) in [5.74, 6) is 1.24. The molecule has 0 N–H and O–H groups in total. The standard InChI is InChI=1S/C17H15Cl2N3O3/c18-8-1-9-21-16(23)11-22(17(21)24)20-10-14-6-7-15(25-14)12-2-4-13(19)5-3-12/h2-7,10H,1,8-9,11H2/b20-10+. The third kappa shape index (κ3) is 4.03. The minimum atomic E-state index is -0.448. The minimum Gasteiger partial charge on any atom is -0.455 e. The van der Waals surface area contributed by atoms with Gasteiger partial charge in [-0.05, 0) is 42.8 Å². The Hall–Kier alpha value is -2.31. The van der Waals surface area contributed by atoms with Gasteiger partial charge in [-0.1, -0.05) is 11.6 Å². The summed E-state index contributed by atoms with van der Waals surface area (Å²) in [7, 11) is 0. The highest BCUT2D eigenvalue weighted by molar-refractivity contribution is 6.30. The van der Waals surface area contributed by atoms with Crippen LogP contribution in [0.4, 0.5) is 4.79 Å². The SMILES string of the molecule is O=C1CN(/N=C/c2ccc(-c3ccc(Cl)cc3)o2)C(=O)N1CCCCl. The summed E-state index contributed by atoms with van der Waals surface area (Å²) in [6.07, 6.45) is 1.97. The largest absolute Gasteiger partial charge is 0.455 e. The molecule has 0 radical (unpaired) electrons. The van der Waals surface area contributed by atoms with E-state index >= 15 is 0 Å². The predicted octanol–water partition coefficient (Wildman–Crippen LogP) is 3.83. The van der Waals surface area contributed by atoms with Crippen LogP contribution in [0.5, 0.6) is 0 Å². The van der Waals surface area contributed by atoms with Gasteiger partial charge >= 0.3 is 6.03 Å². The summed E-state index contributed by atoms with van der Waals surface area (Å²) in [6, 6.07) is 10.3. The lowest BCUT2D eigenvalue weighted by atomic mass is 10.2. The number of carbonyl (C=O) groups excluding carboxylic acids is 2. The van der Waals surface area contributed by atoms with Crippen molar-refractivity contribution in [3.63, 3.8) is 0 Å². The molecule has 3 rings (SSSR count). The van der Waals surface area contributed by atoms with Gasteiger partial charge in [0, 0.05) is 23.0 Å². The lowest BCUT2D eigenvalue weighted by Gasteiger charge is -2.12. The van der Waals surface area contributed by atoms with E-state index in [9.17, 15) is 9.59 Å². The van der Waals surface area contributed by atoms with Crippen LogP contribution < -0.4 is 0 Å². The molecule has 1 aliphatic rings. The Labute approximate surface area is 154 Å². The summed E-state index contributed by atoms with van der Waals surface area (Å²) < 4.78 is 5.68. The highest BCUT2D eigenvalue weighted by Crippen LogP contribution is 2.23. The Kier molecular flexibility index (Phi) is 5.40. The molecule has 0 unspecified atom stereocenters. The number of furan rings is 1. The first kappa shape index (κ1) is 17.5. The topological polar surface area (TPSA) is 66.1 Å². The zero-order valence-corrected chi connectivity index (χ0v) is 14.7. The monoisotopic (exact) mass is 379 g/mol. The third-order valence-electron chi connectivity index (χ3n) is 3.63. The van der Waals surface area contributed by atoms with E-state index in [-0.39, 0.29) is 12.5 Å². The zero-order valence-electron chi connectivity index (χ0n) is 13.2. The average Bonchev–Trinajstić information content (AvgIpc) is 3.17. The highest BCUT2D eigenvalue weighted by Gasteiger charge is 2.35. The molecular formula is C17H15Cl2N3O3. The lowest BCUT2D eigenvalue weighted by Crippen LogP contribution is -2.32. The van der Waals surface area contributed by atoms with Crippen LogP contribution >= 0.6 is 23.2 Å². The number of hydrogen-bond donors (Lipinski definition) is 0. The number of nitrogens with zero attached hydrogens (tertiary/aromatic N) is 3. The average molecular weight is 380 g/mol. The summed E-state index contributed by atoms with van der Waals surface area (Å²) >= 11 is 11.5. The van der Waals surface area contributed by atoms with Gasteiger partial charge in [-0.25, -0.2) is 9.80 Å². The van der Waals surface area contributed by atoms with Crippen LogP contribution in [0.25, 0.3) is 11.3 Å². The van der Waals surface area contributed by atoms with Crippen LogP contribution in [-0.4, -0.2) is 47.0 Å². The Morgan fingerprint density at radius 2 is 1.92 bits per heavy atom. The molecule has 1 saturated heterocycles. The summed E-state index contributed by atoms with van der Waals surface area (Å²) in [4.78, 5) is 25.1. The lowest BCUT2D eigenvalue weighted by molar-refractivity contribution is -0.125. The second-order valence-corrected chi connectivity index (χ2v) is 6.20. The molecule has 1 aromatic heterocycles. The molecule has 0 aliphatic carbocycles. The van der Waals surface area contributed by atoms with E-state index in [1.165, 1.54) is 6.21 Å². The van der Waals surface area contributed by atoms with E-state index in [0.29, 0.717) is 35.4 Å². The van der Waals surface area contributed by atoms with Crippen molar-refractivity contribution >= 4 is 41.4 Å². The highest BCUT2D eigenvalue weighted by atomic mass is 35.5.